The molecule has 10 heteroatoms. The number of sulfonamides is 1. The van der Waals surface area contributed by atoms with Gasteiger partial charge in [0.1, 0.15) is 11.2 Å². The van der Waals surface area contributed by atoms with Crippen molar-refractivity contribution < 1.29 is 13.2 Å². The van der Waals surface area contributed by atoms with Crippen LogP contribution < -0.4 is 9.46 Å². The van der Waals surface area contributed by atoms with E-state index in [2.05, 4.69) is 35.6 Å². The van der Waals surface area contributed by atoms with Crippen LogP contribution >= 0.6 is 27.3 Å². The van der Waals surface area contributed by atoms with Crippen LogP contribution in [0, 0.1) is 13.8 Å². The lowest BCUT2D eigenvalue weighted by Crippen LogP contribution is -2.15. The first-order valence-corrected chi connectivity index (χ1v) is 10.6. The first kappa shape index (κ1) is 18.7. The van der Waals surface area contributed by atoms with Gasteiger partial charge >= 0.3 is 0 Å². The second-order valence-electron chi connectivity index (χ2n) is 5.33. The van der Waals surface area contributed by atoms with Crippen molar-refractivity contribution in [2.45, 2.75) is 24.7 Å². The SMILES string of the molecule is Cc1nc(C)c(S(=O)(=O)Nc2ncc(Br)nc2OCc2ccccc2)s1. The summed E-state index contributed by atoms with van der Waals surface area (Å²) in [5.41, 5.74) is 1.37. The summed E-state index contributed by atoms with van der Waals surface area (Å²) < 4.78 is 34.1. The maximum atomic E-state index is 12.7. The lowest BCUT2D eigenvalue weighted by Gasteiger charge is -2.11. The van der Waals surface area contributed by atoms with Gasteiger partial charge in [-0.3, -0.25) is 4.72 Å². The van der Waals surface area contributed by atoms with Crippen molar-refractivity contribution in [3.63, 3.8) is 0 Å². The molecule has 0 atom stereocenters. The predicted octanol–water partition coefficient (Wildman–Crippen LogP) is 3.69. The fourth-order valence-corrected chi connectivity index (χ4v) is 4.94. The molecule has 0 unspecified atom stereocenters. The topological polar surface area (TPSA) is 94.1 Å². The van der Waals surface area contributed by atoms with Crippen molar-refractivity contribution in [3.8, 4) is 5.88 Å². The van der Waals surface area contributed by atoms with Gasteiger partial charge in [-0.2, -0.15) is 0 Å². The number of hydrogen-bond acceptors (Lipinski definition) is 7. The molecular formula is C16H15BrN4O3S2. The standard InChI is InChI=1S/C16H15BrN4O3S2/c1-10-16(25-11(2)19-10)26(22,23)21-14-15(20-13(17)8-18-14)24-9-12-6-4-3-5-7-12/h3-8H,9H2,1-2H3,(H,18,21). The Hall–Kier alpha value is -2.04. The highest BCUT2D eigenvalue weighted by Gasteiger charge is 2.24. The molecule has 0 radical (unpaired) electrons. The van der Waals surface area contributed by atoms with E-state index in [0.717, 1.165) is 16.9 Å². The molecule has 7 nitrogen and oxygen atoms in total. The molecule has 1 aromatic carbocycles. The Balaban J connectivity index is 1.87. The molecule has 136 valence electrons. The Morgan fingerprint density at radius 1 is 1.19 bits per heavy atom. The van der Waals surface area contributed by atoms with E-state index in [-0.39, 0.29) is 22.5 Å². The molecule has 0 aliphatic heterocycles. The molecule has 0 saturated heterocycles. The average Bonchev–Trinajstić information content (AvgIpc) is 2.95. The summed E-state index contributed by atoms with van der Waals surface area (Å²) in [5.74, 6) is 0.111. The van der Waals surface area contributed by atoms with Gasteiger partial charge < -0.3 is 4.74 Å². The summed E-state index contributed by atoms with van der Waals surface area (Å²) in [4.78, 5) is 12.4. The number of aryl methyl sites for hydroxylation is 2. The molecule has 2 heterocycles. The van der Waals surface area contributed by atoms with E-state index in [9.17, 15) is 8.42 Å². The first-order valence-electron chi connectivity index (χ1n) is 7.51. The second-order valence-corrected chi connectivity index (χ2v) is 9.23. The lowest BCUT2D eigenvalue weighted by molar-refractivity contribution is 0.294. The number of anilines is 1. The molecular weight excluding hydrogens is 440 g/mol. The van der Waals surface area contributed by atoms with Crippen molar-refractivity contribution >= 4 is 43.1 Å². The fraction of sp³-hybridized carbons (Fsp3) is 0.188. The van der Waals surface area contributed by atoms with Crippen molar-refractivity contribution in [1.82, 2.24) is 15.0 Å². The monoisotopic (exact) mass is 454 g/mol. The van der Waals surface area contributed by atoms with Gasteiger partial charge in [0.25, 0.3) is 15.9 Å². The maximum Gasteiger partial charge on any atom is 0.274 e. The highest BCUT2D eigenvalue weighted by Crippen LogP contribution is 2.28. The minimum absolute atomic E-state index is 0.0228. The molecule has 0 bridgehead atoms. The summed E-state index contributed by atoms with van der Waals surface area (Å²) in [5, 5.41) is 0.672. The van der Waals surface area contributed by atoms with E-state index in [1.165, 1.54) is 6.20 Å². The third-order valence-electron chi connectivity index (χ3n) is 3.27. The van der Waals surface area contributed by atoms with Crippen molar-refractivity contribution in [2.24, 2.45) is 0 Å². The minimum Gasteiger partial charge on any atom is -0.470 e. The van der Waals surface area contributed by atoms with Gasteiger partial charge in [0.15, 0.2) is 4.21 Å². The summed E-state index contributed by atoms with van der Waals surface area (Å²) in [6.45, 7) is 3.64. The minimum atomic E-state index is -3.83. The summed E-state index contributed by atoms with van der Waals surface area (Å²) in [6.07, 6.45) is 1.40. The summed E-state index contributed by atoms with van der Waals surface area (Å²) in [6, 6.07) is 9.49. The van der Waals surface area contributed by atoms with E-state index in [0.29, 0.717) is 15.3 Å². The van der Waals surface area contributed by atoms with Gasteiger partial charge in [-0.05, 0) is 35.3 Å². The smallest absolute Gasteiger partial charge is 0.274 e. The van der Waals surface area contributed by atoms with Crippen LogP contribution in [0.5, 0.6) is 5.88 Å². The number of thiazole rings is 1. The Morgan fingerprint density at radius 3 is 2.58 bits per heavy atom. The molecule has 1 N–H and O–H groups in total. The number of halogens is 1. The molecule has 3 aromatic rings. The fourth-order valence-electron chi connectivity index (χ4n) is 2.18. The second kappa shape index (κ2) is 7.68. The van der Waals surface area contributed by atoms with Gasteiger partial charge in [0.05, 0.1) is 16.9 Å². The van der Waals surface area contributed by atoms with E-state index in [1.807, 2.05) is 30.3 Å². The molecule has 0 amide bonds. The maximum absolute atomic E-state index is 12.7. The highest BCUT2D eigenvalue weighted by atomic mass is 79.9. The Bertz CT molecular complexity index is 1020. The van der Waals surface area contributed by atoms with Gasteiger partial charge in [-0.25, -0.2) is 23.4 Å². The zero-order valence-electron chi connectivity index (χ0n) is 13.9. The van der Waals surface area contributed by atoms with Gasteiger partial charge in [0.2, 0.25) is 5.82 Å². The molecule has 0 fully saturated rings. The Labute approximate surface area is 163 Å². The van der Waals surface area contributed by atoms with Crippen molar-refractivity contribution in [1.29, 1.82) is 0 Å². The summed E-state index contributed by atoms with van der Waals surface area (Å²) >= 11 is 4.32. The number of nitrogens with one attached hydrogen (secondary N) is 1. The quantitative estimate of drug-likeness (QED) is 0.609. The van der Waals surface area contributed by atoms with Crippen molar-refractivity contribution in [2.75, 3.05) is 4.72 Å². The molecule has 0 spiro atoms. The van der Waals surface area contributed by atoms with E-state index < -0.39 is 10.0 Å². The van der Waals surface area contributed by atoms with E-state index in [4.69, 9.17) is 4.74 Å². The van der Waals surface area contributed by atoms with Crippen LogP contribution in [0.3, 0.4) is 0 Å². The number of ether oxygens (including phenoxy) is 1. The van der Waals surface area contributed by atoms with Gasteiger partial charge in [-0.15, -0.1) is 11.3 Å². The van der Waals surface area contributed by atoms with Gasteiger partial charge in [0, 0.05) is 0 Å². The van der Waals surface area contributed by atoms with E-state index >= 15 is 0 Å². The highest BCUT2D eigenvalue weighted by molar-refractivity contribution is 9.10. The van der Waals surface area contributed by atoms with Crippen LogP contribution in [0.4, 0.5) is 5.82 Å². The van der Waals surface area contributed by atoms with Crippen LogP contribution in [-0.4, -0.2) is 23.4 Å². The van der Waals surface area contributed by atoms with Crippen LogP contribution in [0.15, 0.2) is 45.3 Å². The third-order valence-corrected chi connectivity index (χ3v) is 6.67. The number of benzene rings is 1. The zero-order valence-corrected chi connectivity index (χ0v) is 17.2. The molecule has 3 rings (SSSR count). The number of nitrogens with zero attached hydrogens (tertiary/aromatic N) is 3. The van der Waals surface area contributed by atoms with E-state index in [1.54, 1.807) is 13.8 Å². The van der Waals surface area contributed by atoms with Gasteiger partial charge in [-0.1, -0.05) is 30.3 Å². The zero-order chi connectivity index (χ0) is 18.7. The third kappa shape index (κ3) is 4.37. The number of aromatic nitrogens is 3. The van der Waals surface area contributed by atoms with Crippen LogP contribution in [0.1, 0.15) is 16.3 Å². The molecule has 2 aromatic heterocycles. The Kier molecular flexibility index (Phi) is 5.54. The molecule has 0 saturated carbocycles. The molecule has 0 aliphatic carbocycles. The first-order chi connectivity index (χ1) is 12.3. The van der Waals surface area contributed by atoms with Crippen LogP contribution in [0.25, 0.3) is 0 Å². The number of rotatable bonds is 6. The van der Waals surface area contributed by atoms with Crippen molar-refractivity contribution in [3.05, 3.63) is 57.4 Å². The lowest BCUT2D eigenvalue weighted by atomic mass is 10.2. The van der Waals surface area contributed by atoms with Crippen LogP contribution in [-0.2, 0) is 16.6 Å². The summed E-state index contributed by atoms with van der Waals surface area (Å²) in [7, 11) is -3.83. The van der Waals surface area contributed by atoms with Crippen LogP contribution in [0.2, 0.25) is 0 Å². The number of hydrogen-bond donors (Lipinski definition) is 1. The predicted molar refractivity (Wildman–Crippen MR) is 103 cm³/mol. The molecule has 0 aliphatic rings. The Morgan fingerprint density at radius 2 is 1.92 bits per heavy atom. The largest absolute Gasteiger partial charge is 0.470 e. The normalized spacial score (nSPS) is 11.3. The average molecular weight is 455 g/mol. The molecule has 26 heavy (non-hydrogen) atoms.